The van der Waals surface area contributed by atoms with Crippen molar-refractivity contribution in [1.29, 1.82) is 0 Å². The average Bonchev–Trinajstić information content (AvgIpc) is 2.82. The van der Waals surface area contributed by atoms with Crippen molar-refractivity contribution in [3.8, 4) is 5.75 Å². The van der Waals surface area contributed by atoms with E-state index < -0.39 is 11.4 Å². The van der Waals surface area contributed by atoms with Crippen LogP contribution >= 0.6 is 27.5 Å². The Bertz CT molecular complexity index is 722. The largest absolute Gasteiger partial charge is 0.497 e. The first kappa shape index (κ1) is 14.8. The van der Waals surface area contributed by atoms with Crippen LogP contribution in [0.15, 0.2) is 34.8 Å². The summed E-state index contributed by atoms with van der Waals surface area (Å²) >= 11 is 9.23. The number of aryl methyl sites for hydroxylation is 1. The Hall–Kier alpha value is -1.10. The summed E-state index contributed by atoms with van der Waals surface area (Å²) in [5.74, 6) is 0.248. The van der Waals surface area contributed by atoms with Gasteiger partial charge in [0.25, 0.3) is 0 Å². The molecule has 1 unspecified atom stereocenters. The maximum atomic E-state index is 14.6. The lowest BCUT2D eigenvalue weighted by Gasteiger charge is -2.27. The molecule has 1 aliphatic rings. The molecule has 0 radical (unpaired) electrons. The molecular weight excluding hydrogens is 357 g/mol. The Morgan fingerprint density at radius 3 is 2.76 bits per heavy atom. The third-order valence-corrected chi connectivity index (χ3v) is 5.36. The summed E-state index contributed by atoms with van der Waals surface area (Å²) in [6.45, 7) is 0. The molecule has 0 aromatic heterocycles. The van der Waals surface area contributed by atoms with Crippen molar-refractivity contribution in [2.75, 3.05) is 7.11 Å². The molecule has 21 heavy (non-hydrogen) atoms. The fraction of sp³-hybridized carbons (Fsp3) is 0.250. The minimum Gasteiger partial charge on any atom is -0.497 e. The second-order valence-electron chi connectivity index (χ2n) is 5.22. The molecule has 5 heteroatoms. The van der Waals surface area contributed by atoms with Gasteiger partial charge in [0, 0.05) is 10.0 Å². The van der Waals surface area contributed by atoms with Crippen LogP contribution in [0.5, 0.6) is 5.75 Å². The second-order valence-corrected chi connectivity index (χ2v) is 6.45. The number of hydrogen-bond donors (Lipinski definition) is 1. The van der Waals surface area contributed by atoms with Crippen molar-refractivity contribution < 1.29 is 9.13 Å². The zero-order chi connectivity index (χ0) is 15.2. The summed E-state index contributed by atoms with van der Waals surface area (Å²) in [6, 6.07) is 9.20. The van der Waals surface area contributed by atoms with Crippen LogP contribution in [0.25, 0.3) is 0 Å². The maximum absolute atomic E-state index is 14.6. The first-order valence-electron chi connectivity index (χ1n) is 6.57. The van der Waals surface area contributed by atoms with Crippen LogP contribution in [0.1, 0.15) is 23.1 Å². The van der Waals surface area contributed by atoms with Gasteiger partial charge in [-0.15, -0.1) is 0 Å². The molecule has 2 aromatic carbocycles. The highest BCUT2D eigenvalue weighted by Crippen LogP contribution is 2.44. The van der Waals surface area contributed by atoms with E-state index in [2.05, 4.69) is 15.9 Å². The standard InChI is InChI=1S/C16H14BrClFNO/c1-21-10-3-2-9-6-7-16(20,12(9)8-10)11-4-5-13(17)14(18)15(11)19/h2-5,8H,6-7,20H2,1H3. The van der Waals surface area contributed by atoms with Crippen LogP contribution in [0.2, 0.25) is 5.02 Å². The van der Waals surface area contributed by atoms with Gasteiger partial charge in [-0.1, -0.05) is 23.7 Å². The summed E-state index contributed by atoms with van der Waals surface area (Å²) in [6.07, 6.45) is 1.45. The van der Waals surface area contributed by atoms with Gasteiger partial charge in [-0.3, -0.25) is 0 Å². The van der Waals surface area contributed by atoms with E-state index in [0.29, 0.717) is 22.2 Å². The van der Waals surface area contributed by atoms with Gasteiger partial charge in [-0.2, -0.15) is 0 Å². The number of hydrogen-bond acceptors (Lipinski definition) is 2. The van der Waals surface area contributed by atoms with E-state index in [1.165, 1.54) is 0 Å². The topological polar surface area (TPSA) is 35.2 Å². The molecule has 0 bridgehead atoms. The Morgan fingerprint density at radius 1 is 1.29 bits per heavy atom. The highest BCUT2D eigenvalue weighted by atomic mass is 79.9. The van der Waals surface area contributed by atoms with Crippen molar-refractivity contribution in [2.24, 2.45) is 5.73 Å². The third kappa shape index (κ3) is 2.26. The lowest BCUT2D eigenvalue weighted by Crippen LogP contribution is -2.36. The van der Waals surface area contributed by atoms with E-state index in [4.69, 9.17) is 22.1 Å². The van der Waals surface area contributed by atoms with Crippen molar-refractivity contribution >= 4 is 27.5 Å². The number of ether oxygens (including phenoxy) is 1. The molecule has 0 fully saturated rings. The first-order valence-corrected chi connectivity index (χ1v) is 7.74. The molecule has 0 saturated heterocycles. The molecule has 1 atom stereocenters. The van der Waals surface area contributed by atoms with Crippen molar-refractivity contribution in [1.82, 2.24) is 0 Å². The van der Waals surface area contributed by atoms with E-state index >= 15 is 0 Å². The lowest BCUT2D eigenvalue weighted by atomic mass is 9.85. The number of rotatable bonds is 2. The molecule has 110 valence electrons. The number of benzene rings is 2. The molecule has 0 aliphatic heterocycles. The molecule has 2 aromatic rings. The molecule has 3 rings (SSSR count). The number of halogens is 3. The van der Waals surface area contributed by atoms with E-state index in [1.54, 1.807) is 19.2 Å². The monoisotopic (exact) mass is 369 g/mol. The van der Waals surface area contributed by atoms with Crippen LogP contribution in [-0.4, -0.2) is 7.11 Å². The van der Waals surface area contributed by atoms with Gasteiger partial charge in [-0.05, 0) is 58.1 Å². The Morgan fingerprint density at radius 2 is 2.05 bits per heavy atom. The highest BCUT2D eigenvalue weighted by Gasteiger charge is 2.39. The summed E-state index contributed by atoms with van der Waals surface area (Å²) in [5.41, 5.74) is 8.13. The van der Waals surface area contributed by atoms with Crippen molar-refractivity contribution in [3.63, 3.8) is 0 Å². The van der Waals surface area contributed by atoms with E-state index in [9.17, 15) is 4.39 Å². The van der Waals surface area contributed by atoms with Crippen LogP contribution in [-0.2, 0) is 12.0 Å². The predicted octanol–water partition coefficient (Wildman–Crippen LogP) is 4.40. The normalized spacial score (nSPS) is 20.4. The third-order valence-electron chi connectivity index (χ3n) is 4.10. The summed E-state index contributed by atoms with van der Waals surface area (Å²) in [7, 11) is 1.60. The lowest BCUT2D eigenvalue weighted by molar-refractivity contribution is 0.412. The van der Waals surface area contributed by atoms with Crippen LogP contribution in [0.4, 0.5) is 4.39 Å². The number of fused-ring (bicyclic) bond motifs is 1. The van der Waals surface area contributed by atoms with Crippen LogP contribution in [0, 0.1) is 5.82 Å². The number of methoxy groups -OCH3 is 1. The Kier molecular flexibility index (Phi) is 3.72. The van der Waals surface area contributed by atoms with E-state index in [1.807, 2.05) is 18.2 Å². The van der Waals surface area contributed by atoms with Crippen molar-refractivity contribution in [2.45, 2.75) is 18.4 Å². The number of nitrogens with two attached hydrogens (primary N) is 1. The molecular formula is C16H14BrClFNO. The van der Waals surface area contributed by atoms with Gasteiger partial charge in [-0.25, -0.2) is 4.39 Å². The van der Waals surface area contributed by atoms with Gasteiger partial charge in [0.2, 0.25) is 0 Å². The van der Waals surface area contributed by atoms with Gasteiger partial charge < -0.3 is 10.5 Å². The zero-order valence-corrected chi connectivity index (χ0v) is 13.8. The second kappa shape index (κ2) is 5.27. The first-order chi connectivity index (χ1) is 9.97. The Balaban J connectivity index is 2.19. The summed E-state index contributed by atoms with van der Waals surface area (Å²) in [4.78, 5) is 0. The van der Waals surface area contributed by atoms with E-state index in [-0.39, 0.29) is 5.02 Å². The fourth-order valence-electron chi connectivity index (χ4n) is 2.93. The predicted molar refractivity (Wildman–Crippen MR) is 85.4 cm³/mol. The molecule has 0 saturated carbocycles. The maximum Gasteiger partial charge on any atom is 0.148 e. The van der Waals surface area contributed by atoms with Gasteiger partial charge in [0.1, 0.15) is 11.6 Å². The zero-order valence-electron chi connectivity index (χ0n) is 11.4. The minimum absolute atomic E-state index is 0.0636. The molecule has 0 spiro atoms. The molecule has 1 aliphatic carbocycles. The van der Waals surface area contributed by atoms with Gasteiger partial charge >= 0.3 is 0 Å². The average molecular weight is 371 g/mol. The van der Waals surface area contributed by atoms with Gasteiger partial charge in [0.15, 0.2) is 0 Å². The highest BCUT2D eigenvalue weighted by molar-refractivity contribution is 9.10. The quantitative estimate of drug-likeness (QED) is 0.795. The van der Waals surface area contributed by atoms with Gasteiger partial charge in [0.05, 0.1) is 17.7 Å². The molecule has 0 amide bonds. The van der Waals surface area contributed by atoms with E-state index in [0.717, 1.165) is 17.5 Å². The summed E-state index contributed by atoms with van der Waals surface area (Å²) < 4.78 is 20.3. The fourth-order valence-corrected chi connectivity index (χ4v) is 3.40. The van der Waals surface area contributed by atoms with Crippen LogP contribution in [0.3, 0.4) is 0 Å². The molecule has 2 nitrogen and oxygen atoms in total. The Labute approximate surface area is 136 Å². The summed E-state index contributed by atoms with van der Waals surface area (Å²) in [5, 5.41) is 0.0636. The SMILES string of the molecule is COc1ccc2c(c1)C(N)(c1ccc(Br)c(Cl)c1F)CC2. The van der Waals surface area contributed by atoms with Crippen LogP contribution < -0.4 is 10.5 Å². The smallest absolute Gasteiger partial charge is 0.148 e. The molecule has 2 N–H and O–H groups in total. The minimum atomic E-state index is -0.877. The van der Waals surface area contributed by atoms with Crippen molar-refractivity contribution in [3.05, 3.63) is 62.3 Å². The molecule has 0 heterocycles.